The molecule has 2 heterocycles. The Labute approximate surface area is 93.2 Å². The van der Waals surface area contributed by atoms with E-state index < -0.39 is 0 Å². The minimum absolute atomic E-state index is 0.0694. The molecule has 1 aliphatic rings. The lowest BCUT2D eigenvalue weighted by Crippen LogP contribution is -2.24. The molecule has 0 radical (unpaired) electrons. The molecule has 0 bridgehead atoms. The molecular weight excluding hydrogens is 216 g/mol. The molecule has 0 N–H and O–H groups in total. The van der Waals surface area contributed by atoms with E-state index in [2.05, 4.69) is 5.16 Å². The highest BCUT2D eigenvalue weighted by Crippen LogP contribution is 2.29. The minimum atomic E-state index is 0.0694. The van der Waals surface area contributed by atoms with Crippen LogP contribution in [-0.4, -0.2) is 23.5 Å². The minimum Gasteiger partial charge on any atom is -0.338 e. The lowest BCUT2D eigenvalue weighted by Gasteiger charge is -2.12. The third-order valence-electron chi connectivity index (χ3n) is 2.80. The van der Waals surface area contributed by atoms with Crippen molar-refractivity contribution >= 4 is 23.4 Å². The van der Waals surface area contributed by atoms with Gasteiger partial charge in [0.05, 0.1) is 5.69 Å². The maximum atomic E-state index is 11.7. The first-order chi connectivity index (χ1) is 7.13. The molecule has 4 nitrogen and oxygen atoms in total. The zero-order valence-corrected chi connectivity index (χ0v) is 9.54. The van der Waals surface area contributed by atoms with Crippen LogP contribution in [0.2, 0.25) is 0 Å². The summed E-state index contributed by atoms with van der Waals surface area (Å²) in [4.78, 5) is 13.3. The summed E-state index contributed by atoms with van der Waals surface area (Å²) in [6.45, 7) is 4.40. The number of amides is 1. The Bertz CT molecular complexity index is 389. The Morgan fingerprint density at radius 3 is 2.80 bits per heavy atom. The van der Waals surface area contributed by atoms with Gasteiger partial charge in [-0.25, -0.2) is 0 Å². The Balaban J connectivity index is 2.25. The highest BCUT2D eigenvalue weighted by Gasteiger charge is 2.33. The van der Waals surface area contributed by atoms with Gasteiger partial charge in [-0.05, 0) is 19.8 Å². The molecule has 1 aliphatic heterocycles. The van der Waals surface area contributed by atoms with Gasteiger partial charge in [-0.15, -0.1) is 11.6 Å². The van der Waals surface area contributed by atoms with Crippen molar-refractivity contribution in [2.24, 2.45) is 5.92 Å². The molecule has 2 rings (SSSR count). The van der Waals surface area contributed by atoms with Crippen molar-refractivity contribution in [1.29, 1.82) is 0 Å². The summed E-state index contributed by atoms with van der Waals surface area (Å²) in [7, 11) is 0. The van der Waals surface area contributed by atoms with Crippen LogP contribution in [0.4, 0.5) is 5.88 Å². The number of carbonyl (C=O) groups is 1. The number of nitrogens with zero attached hydrogens (tertiary/aromatic N) is 2. The highest BCUT2D eigenvalue weighted by molar-refractivity contribution is 6.18. The van der Waals surface area contributed by atoms with Gasteiger partial charge in [0.1, 0.15) is 0 Å². The van der Waals surface area contributed by atoms with E-state index in [-0.39, 0.29) is 11.8 Å². The molecule has 5 heteroatoms. The van der Waals surface area contributed by atoms with E-state index >= 15 is 0 Å². The Morgan fingerprint density at radius 2 is 2.33 bits per heavy atom. The first-order valence-electron chi connectivity index (χ1n) is 4.92. The molecule has 15 heavy (non-hydrogen) atoms. The molecule has 1 amide bonds. The van der Waals surface area contributed by atoms with E-state index in [9.17, 15) is 4.79 Å². The second-order valence-corrected chi connectivity index (χ2v) is 4.24. The van der Waals surface area contributed by atoms with Crippen molar-refractivity contribution in [2.45, 2.75) is 20.3 Å². The Hall–Kier alpha value is -1.03. The van der Waals surface area contributed by atoms with Crippen LogP contribution < -0.4 is 4.90 Å². The number of anilines is 1. The summed E-state index contributed by atoms with van der Waals surface area (Å²) < 4.78 is 5.15. The van der Waals surface area contributed by atoms with Gasteiger partial charge >= 0.3 is 0 Å². The van der Waals surface area contributed by atoms with Gasteiger partial charge in [0.15, 0.2) is 0 Å². The fourth-order valence-corrected chi connectivity index (χ4v) is 1.94. The van der Waals surface area contributed by atoms with Crippen molar-refractivity contribution in [3.05, 3.63) is 11.3 Å². The van der Waals surface area contributed by atoms with Gasteiger partial charge in [0, 0.05) is 24.4 Å². The van der Waals surface area contributed by atoms with Gasteiger partial charge in [0.25, 0.3) is 0 Å². The fourth-order valence-electron chi connectivity index (χ4n) is 1.74. The van der Waals surface area contributed by atoms with Crippen LogP contribution in [-0.2, 0) is 4.79 Å². The van der Waals surface area contributed by atoms with E-state index in [1.807, 2.05) is 13.8 Å². The zero-order chi connectivity index (χ0) is 11.0. The SMILES string of the molecule is Cc1noc(N2CC(CCl)CC2=O)c1C. The number of carbonyl (C=O) groups excluding carboxylic acids is 1. The molecule has 0 spiro atoms. The van der Waals surface area contributed by atoms with Crippen molar-refractivity contribution in [3.8, 4) is 0 Å². The molecule has 1 unspecified atom stereocenters. The normalized spacial score (nSPS) is 21.4. The largest absolute Gasteiger partial charge is 0.338 e. The summed E-state index contributed by atoms with van der Waals surface area (Å²) in [6, 6.07) is 0. The van der Waals surface area contributed by atoms with Crippen LogP contribution in [0.15, 0.2) is 4.52 Å². The third-order valence-corrected chi connectivity index (χ3v) is 3.24. The molecule has 1 aromatic heterocycles. The second-order valence-electron chi connectivity index (χ2n) is 3.93. The molecule has 0 saturated carbocycles. The van der Waals surface area contributed by atoms with Crippen LogP contribution in [0.3, 0.4) is 0 Å². The van der Waals surface area contributed by atoms with Gasteiger partial charge in [-0.1, -0.05) is 5.16 Å². The molecule has 1 fully saturated rings. The average molecular weight is 229 g/mol. The average Bonchev–Trinajstić information content (AvgIpc) is 2.73. The van der Waals surface area contributed by atoms with E-state index in [1.165, 1.54) is 0 Å². The second kappa shape index (κ2) is 3.85. The number of aromatic nitrogens is 1. The van der Waals surface area contributed by atoms with Crippen LogP contribution in [0, 0.1) is 19.8 Å². The van der Waals surface area contributed by atoms with Gasteiger partial charge in [-0.2, -0.15) is 0 Å². The number of rotatable bonds is 2. The van der Waals surface area contributed by atoms with Crippen molar-refractivity contribution < 1.29 is 9.32 Å². The Kier molecular flexibility index (Phi) is 2.69. The first-order valence-corrected chi connectivity index (χ1v) is 5.46. The maximum Gasteiger partial charge on any atom is 0.237 e. The molecule has 82 valence electrons. The standard InChI is InChI=1S/C10H13ClN2O2/c1-6-7(2)12-15-10(6)13-5-8(4-11)3-9(13)14/h8H,3-5H2,1-2H3. The zero-order valence-electron chi connectivity index (χ0n) is 8.79. The van der Waals surface area contributed by atoms with Gasteiger partial charge < -0.3 is 4.52 Å². The van der Waals surface area contributed by atoms with E-state index in [4.69, 9.17) is 16.1 Å². The number of aryl methyl sites for hydroxylation is 1. The predicted molar refractivity (Wildman–Crippen MR) is 57.2 cm³/mol. The van der Waals surface area contributed by atoms with Crippen LogP contribution in [0.1, 0.15) is 17.7 Å². The number of alkyl halides is 1. The lowest BCUT2D eigenvalue weighted by atomic mass is 10.1. The summed E-state index contributed by atoms with van der Waals surface area (Å²) in [5.74, 6) is 1.38. The molecule has 1 aromatic rings. The number of hydrogen-bond donors (Lipinski definition) is 0. The first kappa shape index (κ1) is 10.5. The van der Waals surface area contributed by atoms with Crippen LogP contribution in [0.5, 0.6) is 0 Å². The van der Waals surface area contributed by atoms with Crippen molar-refractivity contribution in [3.63, 3.8) is 0 Å². The van der Waals surface area contributed by atoms with Crippen LogP contribution in [0.25, 0.3) is 0 Å². The summed E-state index contributed by atoms with van der Waals surface area (Å²) in [5.41, 5.74) is 1.76. The monoisotopic (exact) mass is 228 g/mol. The van der Waals surface area contributed by atoms with E-state index in [1.54, 1.807) is 4.90 Å². The van der Waals surface area contributed by atoms with Gasteiger partial charge in [-0.3, -0.25) is 9.69 Å². The van der Waals surface area contributed by atoms with E-state index in [0.29, 0.717) is 24.7 Å². The van der Waals surface area contributed by atoms with Crippen LogP contribution >= 0.6 is 11.6 Å². The smallest absolute Gasteiger partial charge is 0.237 e. The third kappa shape index (κ3) is 1.74. The summed E-state index contributed by atoms with van der Waals surface area (Å²) in [5, 5.41) is 3.84. The summed E-state index contributed by atoms with van der Waals surface area (Å²) >= 11 is 5.75. The van der Waals surface area contributed by atoms with Crippen molar-refractivity contribution in [1.82, 2.24) is 5.16 Å². The number of hydrogen-bond acceptors (Lipinski definition) is 3. The lowest BCUT2D eigenvalue weighted by molar-refractivity contribution is -0.117. The Morgan fingerprint density at radius 1 is 1.60 bits per heavy atom. The topological polar surface area (TPSA) is 46.3 Å². The molecular formula is C10H13ClN2O2. The van der Waals surface area contributed by atoms with Crippen molar-refractivity contribution in [2.75, 3.05) is 17.3 Å². The molecule has 1 atom stereocenters. The van der Waals surface area contributed by atoms with E-state index in [0.717, 1.165) is 11.3 Å². The maximum absolute atomic E-state index is 11.7. The quantitative estimate of drug-likeness (QED) is 0.727. The van der Waals surface area contributed by atoms with Gasteiger partial charge in [0.2, 0.25) is 11.8 Å². The molecule has 0 aliphatic carbocycles. The fraction of sp³-hybridized carbons (Fsp3) is 0.600. The molecule has 0 aromatic carbocycles. The summed E-state index contributed by atoms with van der Waals surface area (Å²) in [6.07, 6.45) is 0.503. The highest BCUT2D eigenvalue weighted by atomic mass is 35.5. The molecule has 1 saturated heterocycles. The predicted octanol–water partition coefficient (Wildman–Crippen LogP) is 1.88. The number of halogens is 1.